The van der Waals surface area contributed by atoms with Gasteiger partial charge >= 0.3 is 0 Å². The lowest BCUT2D eigenvalue weighted by atomic mass is 10.1. The summed E-state index contributed by atoms with van der Waals surface area (Å²) < 4.78 is 0. The highest BCUT2D eigenvalue weighted by molar-refractivity contribution is 8.18. The van der Waals surface area contributed by atoms with Crippen molar-refractivity contribution in [2.24, 2.45) is 0 Å². The van der Waals surface area contributed by atoms with Gasteiger partial charge in [-0.05, 0) is 47.5 Å². The molecule has 1 heterocycles. The number of nitrogens with zero attached hydrogens (tertiary/aromatic N) is 1. The number of amides is 2. The largest absolute Gasteiger partial charge is 0.505 e. The third kappa shape index (κ3) is 4.00. The van der Waals surface area contributed by atoms with Gasteiger partial charge in [0.2, 0.25) is 0 Å². The van der Waals surface area contributed by atoms with E-state index >= 15 is 0 Å². The van der Waals surface area contributed by atoms with Crippen molar-refractivity contribution in [3.8, 4) is 5.75 Å². The van der Waals surface area contributed by atoms with E-state index in [-0.39, 0.29) is 26.9 Å². The van der Waals surface area contributed by atoms with Crippen LogP contribution in [0.15, 0.2) is 47.4 Å². The molecule has 0 spiro atoms. The molecule has 0 saturated carbocycles. The monoisotopic (exact) mass is 393 g/mol. The van der Waals surface area contributed by atoms with Gasteiger partial charge in [0, 0.05) is 6.54 Å². The van der Waals surface area contributed by atoms with E-state index in [1.165, 1.54) is 17.0 Å². The fourth-order valence-corrected chi connectivity index (χ4v) is 3.77. The summed E-state index contributed by atoms with van der Waals surface area (Å²) in [7, 11) is 0. The highest BCUT2D eigenvalue weighted by Gasteiger charge is 2.34. The van der Waals surface area contributed by atoms with E-state index in [9.17, 15) is 14.7 Å². The fourth-order valence-electron chi connectivity index (χ4n) is 2.40. The van der Waals surface area contributed by atoms with E-state index in [1.54, 1.807) is 6.08 Å². The molecule has 0 bridgehead atoms. The number of aromatic hydroxyl groups is 1. The number of hydrogen-bond acceptors (Lipinski definition) is 4. The van der Waals surface area contributed by atoms with Crippen LogP contribution >= 0.6 is 35.0 Å². The van der Waals surface area contributed by atoms with Crippen LogP contribution in [-0.4, -0.2) is 27.7 Å². The number of rotatable bonds is 4. The van der Waals surface area contributed by atoms with Gasteiger partial charge in [-0.3, -0.25) is 14.5 Å². The zero-order valence-corrected chi connectivity index (χ0v) is 15.2. The molecular weight excluding hydrogens is 381 g/mol. The van der Waals surface area contributed by atoms with E-state index in [2.05, 4.69) is 0 Å². The maximum Gasteiger partial charge on any atom is 0.293 e. The Kier molecular flexibility index (Phi) is 5.37. The number of halogens is 2. The Bertz CT molecular complexity index is 845. The van der Waals surface area contributed by atoms with Crippen molar-refractivity contribution in [2.75, 3.05) is 6.54 Å². The molecule has 128 valence electrons. The number of phenolic OH excluding ortho intramolecular Hbond substituents is 1. The van der Waals surface area contributed by atoms with Gasteiger partial charge in [-0.25, -0.2) is 0 Å². The Morgan fingerprint density at radius 1 is 1.08 bits per heavy atom. The van der Waals surface area contributed by atoms with E-state index < -0.39 is 0 Å². The molecule has 2 amide bonds. The Labute approximate surface area is 159 Å². The molecule has 0 radical (unpaired) electrons. The second-order valence-electron chi connectivity index (χ2n) is 5.40. The molecule has 3 rings (SSSR count). The van der Waals surface area contributed by atoms with Crippen LogP contribution in [0.3, 0.4) is 0 Å². The van der Waals surface area contributed by atoms with Crippen LogP contribution in [0, 0.1) is 0 Å². The second-order valence-corrected chi connectivity index (χ2v) is 7.21. The lowest BCUT2D eigenvalue weighted by Gasteiger charge is -2.12. The predicted octanol–water partition coefficient (Wildman–Crippen LogP) is 4.98. The van der Waals surface area contributed by atoms with Gasteiger partial charge in [-0.15, -0.1) is 0 Å². The Hall–Kier alpha value is -1.95. The van der Waals surface area contributed by atoms with E-state index in [0.29, 0.717) is 23.4 Å². The summed E-state index contributed by atoms with van der Waals surface area (Å²) >= 11 is 12.6. The fraction of sp³-hybridized carbons (Fsp3) is 0.111. The number of benzene rings is 2. The average molecular weight is 394 g/mol. The van der Waals surface area contributed by atoms with Crippen molar-refractivity contribution in [2.45, 2.75) is 6.42 Å². The number of phenols is 1. The van der Waals surface area contributed by atoms with Crippen molar-refractivity contribution in [3.63, 3.8) is 0 Å². The third-order valence-electron chi connectivity index (χ3n) is 3.68. The molecule has 1 aliphatic rings. The van der Waals surface area contributed by atoms with Gasteiger partial charge in [0.25, 0.3) is 11.1 Å². The minimum Gasteiger partial charge on any atom is -0.505 e. The van der Waals surface area contributed by atoms with Crippen LogP contribution in [0.2, 0.25) is 10.0 Å². The molecular formula is C18H13Cl2NO3S. The van der Waals surface area contributed by atoms with E-state index in [0.717, 1.165) is 17.3 Å². The van der Waals surface area contributed by atoms with Crippen molar-refractivity contribution in [1.82, 2.24) is 4.90 Å². The molecule has 0 aromatic heterocycles. The number of carbonyl (C=O) groups is 2. The normalized spacial score (nSPS) is 16.1. The number of thioether (sulfide) groups is 1. The van der Waals surface area contributed by atoms with Crippen LogP contribution in [0.1, 0.15) is 11.1 Å². The molecule has 0 unspecified atom stereocenters. The summed E-state index contributed by atoms with van der Waals surface area (Å²) in [5, 5.41) is 9.45. The second kappa shape index (κ2) is 7.52. The standard InChI is InChI=1S/C18H13Cl2NO3S/c19-13-8-12(9-14(20)16(13)22)10-15-17(23)21(18(24)25-15)7-6-11-4-2-1-3-5-11/h1-5,8-10,22H,6-7H2/b15-10-. The van der Waals surface area contributed by atoms with Crippen molar-refractivity contribution in [3.05, 3.63) is 68.5 Å². The van der Waals surface area contributed by atoms with Crippen LogP contribution < -0.4 is 0 Å². The molecule has 1 aliphatic heterocycles. The first-order valence-corrected chi connectivity index (χ1v) is 9.00. The van der Waals surface area contributed by atoms with Crippen molar-refractivity contribution >= 4 is 52.2 Å². The number of carbonyl (C=O) groups excluding carboxylic acids is 2. The lowest BCUT2D eigenvalue weighted by Crippen LogP contribution is -2.30. The highest BCUT2D eigenvalue weighted by Crippen LogP contribution is 2.36. The van der Waals surface area contributed by atoms with Gasteiger partial charge in [0.15, 0.2) is 5.75 Å². The topological polar surface area (TPSA) is 57.6 Å². The van der Waals surface area contributed by atoms with Gasteiger partial charge in [0.1, 0.15) is 0 Å². The molecule has 1 fully saturated rings. The molecule has 7 heteroatoms. The van der Waals surface area contributed by atoms with Crippen molar-refractivity contribution in [1.29, 1.82) is 0 Å². The molecule has 25 heavy (non-hydrogen) atoms. The summed E-state index contributed by atoms with van der Waals surface area (Å²) in [6, 6.07) is 12.6. The molecule has 1 saturated heterocycles. The first kappa shape index (κ1) is 17.9. The summed E-state index contributed by atoms with van der Waals surface area (Å²) in [4.78, 5) is 26.1. The molecule has 0 aliphatic carbocycles. The Morgan fingerprint density at radius 3 is 2.36 bits per heavy atom. The zero-order chi connectivity index (χ0) is 18.0. The van der Waals surface area contributed by atoms with Crippen LogP contribution in [0.4, 0.5) is 4.79 Å². The first-order chi connectivity index (χ1) is 12.0. The first-order valence-electron chi connectivity index (χ1n) is 7.43. The molecule has 2 aromatic carbocycles. The van der Waals surface area contributed by atoms with Gasteiger partial charge in [0.05, 0.1) is 15.0 Å². The van der Waals surface area contributed by atoms with Gasteiger partial charge in [-0.2, -0.15) is 0 Å². The Balaban J connectivity index is 1.76. The van der Waals surface area contributed by atoms with Gasteiger partial charge < -0.3 is 5.11 Å². The SMILES string of the molecule is O=C1S/C(=C\c2cc(Cl)c(O)c(Cl)c2)C(=O)N1CCc1ccccc1. The minimum absolute atomic E-state index is 0.0852. The van der Waals surface area contributed by atoms with Gasteiger partial charge in [-0.1, -0.05) is 53.5 Å². The minimum atomic E-state index is -0.341. The number of hydrogen-bond donors (Lipinski definition) is 1. The summed E-state index contributed by atoms with van der Waals surface area (Å²) in [6.07, 6.45) is 2.15. The zero-order valence-electron chi connectivity index (χ0n) is 12.9. The average Bonchev–Trinajstić information content (AvgIpc) is 2.85. The summed E-state index contributed by atoms with van der Waals surface area (Å²) in [6.45, 7) is 0.323. The van der Waals surface area contributed by atoms with Crippen LogP contribution in [0.25, 0.3) is 6.08 Å². The number of imide groups is 1. The highest BCUT2D eigenvalue weighted by atomic mass is 35.5. The Morgan fingerprint density at radius 2 is 1.72 bits per heavy atom. The smallest absolute Gasteiger partial charge is 0.293 e. The van der Waals surface area contributed by atoms with Crippen molar-refractivity contribution < 1.29 is 14.7 Å². The molecule has 0 atom stereocenters. The maximum absolute atomic E-state index is 12.5. The van der Waals surface area contributed by atoms with E-state index in [1.807, 2.05) is 30.3 Å². The predicted molar refractivity (Wildman–Crippen MR) is 101 cm³/mol. The summed E-state index contributed by atoms with van der Waals surface area (Å²) in [5.74, 6) is -0.553. The third-order valence-corrected chi connectivity index (χ3v) is 5.16. The van der Waals surface area contributed by atoms with E-state index in [4.69, 9.17) is 23.2 Å². The van der Waals surface area contributed by atoms with Crippen LogP contribution in [0.5, 0.6) is 5.75 Å². The molecule has 2 aromatic rings. The quantitative estimate of drug-likeness (QED) is 0.744. The van der Waals surface area contributed by atoms with Crippen LogP contribution in [-0.2, 0) is 11.2 Å². The lowest BCUT2D eigenvalue weighted by molar-refractivity contribution is -0.122. The maximum atomic E-state index is 12.5. The molecule has 1 N–H and O–H groups in total. The molecule has 4 nitrogen and oxygen atoms in total. The summed E-state index contributed by atoms with van der Waals surface area (Å²) in [5.41, 5.74) is 1.60.